The Morgan fingerprint density at radius 1 is 1.25 bits per heavy atom. The molecule has 2 unspecified atom stereocenters. The van der Waals surface area contributed by atoms with Crippen LogP contribution in [0.2, 0.25) is 0 Å². The van der Waals surface area contributed by atoms with Gasteiger partial charge in [-0.3, -0.25) is 9.69 Å². The van der Waals surface area contributed by atoms with Crippen molar-refractivity contribution in [1.29, 1.82) is 0 Å². The molecule has 1 aliphatic heterocycles. The summed E-state index contributed by atoms with van der Waals surface area (Å²) in [5.74, 6) is 0.345. The molecule has 2 atom stereocenters. The molecule has 112 valence electrons. The average Bonchev–Trinajstić information content (AvgIpc) is 2.51. The summed E-state index contributed by atoms with van der Waals surface area (Å²) in [6.07, 6.45) is 3.66. The number of rotatable bonds is 4. The molecule has 1 fully saturated rings. The first-order valence-corrected chi connectivity index (χ1v) is 8.03. The molecule has 2 nitrogen and oxygen atoms in total. The van der Waals surface area contributed by atoms with E-state index in [0.717, 1.165) is 19.5 Å². The lowest BCUT2D eigenvalue weighted by molar-refractivity contribution is -0.120. The second kappa shape index (κ2) is 8.91. The van der Waals surface area contributed by atoms with E-state index in [0.29, 0.717) is 11.8 Å². The number of piperidine rings is 1. The smallest absolute Gasteiger partial charge is 0.138 e. The summed E-state index contributed by atoms with van der Waals surface area (Å²) in [4.78, 5) is 14.6. The highest BCUT2D eigenvalue weighted by atomic mass is 16.1. The predicted molar refractivity (Wildman–Crippen MR) is 86.1 cm³/mol. The lowest BCUT2D eigenvalue weighted by atomic mass is 9.83. The molecule has 1 heterocycles. The van der Waals surface area contributed by atoms with Crippen LogP contribution in [0.3, 0.4) is 0 Å². The third-order valence-electron chi connectivity index (χ3n) is 4.05. The van der Waals surface area contributed by atoms with E-state index in [1.165, 1.54) is 18.4 Å². The monoisotopic (exact) mass is 275 g/mol. The number of likely N-dealkylation sites (N-methyl/N-ethyl adjacent to an activating group) is 1. The Kier molecular flexibility index (Phi) is 7.53. The first kappa shape index (κ1) is 16.9. The fraction of sp³-hybridized carbons (Fsp3) is 0.611. The Balaban J connectivity index is 0.000000956. The zero-order chi connectivity index (χ0) is 15.0. The minimum atomic E-state index is 0.0476. The van der Waals surface area contributed by atoms with E-state index in [9.17, 15) is 4.79 Å². The number of nitrogens with zero attached hydrogens (tertiary/aromatic N) is 1. The molecule has 20 heavy (non-hydrogen) atoms. The highest BCUT2D eigenvalue weighted by Gasteiger charge is 2.32. The van der Waals surface area contributed by atoms with E-state index in [4.69, 9.17) is 0 Å². The highest BCUT2D eigenvalue weighted by molar-refractivity contribution is 5.84. The molecule has 0 spiro atoms. The van der Waals surface area contributed by atoms with Gasteiger partial charge >= 0.3 is 0 Å². The van der Waals surface area contributed by atoms with Gasteiger partial charge in [0, 0.05) is 6.04 Å². The molecule has 0 bridgehead atoms. The van der Waals surface area contributed by atoms with E-state index in [2.05, 4.69) is 24.0 Å². The number of hydrogen-bond acceptors (Lipinski definition) is 2. The number of Topliss-reactive ketones (excluding diaryl/α,β-unsaturated/α-hetero) is 1. The Labute approximate surface area is 124 Å². The van der Waals surface area contributed by atoms with E-state index < -0.39 is 0 Å². The fourth-order valence-electron chi connectivity index (χ4n) is 3.18. The van der Waals surface area contributed by atoms with Crippen molar-refractivity contribution in [2.24, 2.45) is 0 Å². The van der Waals surface area contributed by atoms with Crippen molar-refractivity contribution >= 4 is 5.78 Å². The molecular formula is C18H29NO. The lowest BCUT2D eigenvalue weighted by Crippen LogP contribution is -2.44. The highest BCUT2D eigenvalue weighted by Crippen LogP contribution is 2.31. The number of carbonyl (C=O) groups excluding carboxylic acids is 1. The van der Waals surface area contributed by atoms with Gasteiger partial charge in [-0.05, 0) is 38.4 Å². The van der Waals surface area contributed by atoms with Crippen molar-refractivity contribution in [2.45, 2.75) is 58.9 Å². The van der Waals surface area contributed by atoms with Crippen LogP contribution in [-0.2, 0) is 4.79 Å². The van der Waals surface area contributed by atoms with Crippen LogP contribution in [0.4, 0.5) is 0 Å². The molecule has 0 N–H and O–H groups in total. The van der Waals surface area contributed by atoms with Gasteiger partial charge < -0.3 is 0 Å². The van der Waals surface area contributed by atoms with Crippen molar-refractivity contribution in [3.05, 3.63) is 35.9 Å². The van der Waals surface area contributed by atoms with E-state index in [1.807, 2.05) is 32.0 Å². The van der Waals surface area contributed by atoms with Crippen LogP contribution in [0.5, 0.6) is 0 Å². The topological polar surface area (TPSA) is 20.3 Å². The molecule has 1 saturated heterocycles. The van der Waals surface area contributed by atoms with Gasteiger partial charge in [0.2, 0.25) is 0 Å². The molecule has 0 aliphatic carbocycles. The fourth-order valence-corrected chi connectivity index (χ4v) is 3.18. The van der Waals surface area contributed by atoms with Crippen molar-refractivity contribution in [3.63, 3.8) is 0 Å². The number of hydrogen-bond donors (Lipinski definition) is 0. The zero-order valence-corrected chi connectivity index (χ0v) is 13.4. The second-order valence-corrected chi connectivity index (χ2v) is 5.19. The van der Waals surface area contributed by atoms with Crippen molar-refractivity contribution < 1.29 is 4.79 Å². The van der Waals surface area contributed by atoms with Crippen LogP contribution >= 0.6 is 0 Å². The molecule has 0 radical (unpaired) electrons. The maximum Gasteiger partial charge on any atom is 0.138 e. The van der Waals surface area contributed by atoms with Crippen LogP contribution < -0.4 is 0 Å². The van der Waals surface area contributed by atoms with Crippen LogP contribution in [0.1, 0.15) is 58.4 Å². The maximum atomic E-state index is 12.1. The minimum absolute atomic E-state index is 0.0476. The van der Waals surface area contributed by atoms with Gasteiger partial charge in [0.25, 0.3) is 0 Å². The minimum Gasteiger partial charge on any atom is -0.300 e. The van der Waals surface area contributed by atoms with Crippen LogP contribution in [0, 0.1) is 0 Å². The molecule has 2 rings (SSSR count). The molecule has 1 aliphatic rings. The van der Waals surface area contributed by atoms with E-state index in [1.54, 1.807) is 6.92 Å². The number of likely N-dealkylation sites (tertiary alicyclic amines) is 1. The van der Waals surface area contributed by atoms with E-state index in [-0.39, 0.29) is 5.92 Å². The summed E-state index contributed by atoms with van der Waals surface area (Å²) in [6, 6.07) is 10.7. The van der Waals surface area contributed by atoms with Gasteiger partial charge in [-0.15, -0.1) is 0 Å². The SMILES string of the molecule is CC.CCN1CCCCC1C(C(C)=O)c1ccccc1. The zero-order valence-electron chi connectivity index (χ0n) is 13.4. The first-order chi connectivity index (χ1) is 9.74. The van der Waals surface area contributed by atoms with Crippen molar-refractivity contribution in [2.75, 3.05) is 13.1 Å². The average molecular weight is 275 g/mol. The Morgan fingerprint density at radius 2 is 1.90 bits per heavy atom. The normalized spacial score (nSPS) is 20.7. The summed E-state index contributed by atoms with van der Waals surface area (Å²) in [7, 11) is 0. The van der Waals surface area contributed by atoms with Crippen molar-refractivity contribution in [1.82, 2.24) is 4.90 Å². The van der Waals surface area contributed by atoms with Crippen LogP contribution in [0.15, 0.2) is 30.3 Å². The standard InChI is InChI=1S/C16H23NO.C2H6/c1-3-17-12-8-7-11-15(17)16(13(2)18)14-9-5-4-6-10-14;1-2/h4-6,9-10,15-16H,3,7-8,11-12H2,1-2H3;1-2H3. The summed E-state index contributed by atoms with van der Waals surface area (Å²) >= 11 is 0. The Morgan fingerprint density at radius 3 is 2.45 bits per heavy atom. The molecule has 0 saturated carbocycles. The Hall–Kier alpha value is -1.15. The molecule has 2 heteroatoms. The van der Waals surface area contributed by atoms with Gasteiger partial charge in [0.05, 0.1) is 5.92 Å². The third kappa shape index (κ3) is 4.17. The largest absolute Gasteiger partial charge is 0.300 e. The second-order valence-electron chi connectivity index (χ2n) is 5.19. The van der Waals surface area contributed by atoms with Gasteiger partial charge in [0.15, 0.2) is 0 Å². The van der Waals surface area contributed by atoms with Gasteiger partial charge in [-0.1, -0.05) is 57.5 Å². The maximum absolute atomic E-state index is 12.1. The third-order valence-corrected chi connectivity index (χ3v) is 4.05. The summed E-state index contributed by atoms with van der Waals surface area (Å²) in [5, 5.41) is 0. The quantitative estimate of drug-likeness (QED) is 0.818. The van der Waals surface area contributed by atoms with Crippen LogP contribution in [-0.4, -0.2) is 29.8 Å². The first-order valence-electron chi connectivity index (χ1n) is 8.03. The van der Waals surface area contributed by atoms with Gasteiger partial charge in [-0.2, -0.15) is 0 Å². The van der Waals surface area contributed by atoms with E-state index >= 15 is 0 Å². The summed E-state index contributed by atoms with van der Waals surface area (Å²) < 4.78 is 0. The predicted octanol–water partition coefficient (Wildman–Crippen LogP) is 4.26. The summed E-state index contributed by atoms with van der Waals surface area (Å²) in [5.41, 5.74) is 1.18. The van der Waals surface area contributed by atoms with Crippen LogP contribution in [0.25, 0.3) is 0 Å². The number of benzene rings is 1. The number of ketones is 1. The summed E-state index contributed by atoms with van der Waals surface area (Å²) in [6.45, 7) is 10.1. The Bertz CT molecular complexity index is 388. The molecule has 0 amide bonds. The molecule has 1 aromatic rings. The van der Waals surface area contributed by atoms with Crippen molar-refractivity contribution in [3.8, 4) is 0 Å². The molecule has 1 aromatic carbocycles. The number of carbonyl (C=O) groups is 1. The van der Waals surface area contributed by atoms with Gasteiger partial charge in [-0.25, -0.2) is 0 Å². The molecular weight excluding hydrogens is 246 g/mol. The van der Waals surface area contributed by atoms with Gasteiger partial charge in [0.1, 0.15) is 5.78 Å². The molecule has 0 aromatic heterocycles. The lowest BCUT2D eigenvalue weighted by Gasteiger charge is -2.39.